The lowest BCUT2D eigenvalue weighted by atomic mass is 10.2. The molecule has 0 atom stereocenters. The summed E-state index contributed by atoms with van der Waals surface area (Å²) in [7, 11) is 1.61. The van der Waals surface area contributed by atoms with Crippen LogP contribution >= 0.6 is 38.9 Å². The van der Waals surface area contributed by atoms with E-state index in [1.807, 2.05) is 47.8 Å². The molecule has 0 fully saturated rings. The third kappa shape index (κ3) is 4.52. The maximum Gasteiger partial charge on any atom is 0.250 e. The zero-order chi connectivity index (χ0) is 18.5. The number of hydrogen-bond donors (Lipinski definition) is 1. The van der Waals surface area contributed by atoms with E-state index in [-0.39, 0.29) is 5.91 Å². The van der Waals surface area contributed by atoms with Crippen molar-refractivity contribution in [3.8, 4) is 17.0 Å². The smallest absolute Gasteiger partial charge is 0.250 e. The van der Waals surface area contributed by atoms with Gasteiger partial charge in [-0.2, -0.15) is 0 Å². The summed E-state index contributed by atoms with van der Waals surface area (Å²) in [6.45, 7) is 0. The van der Waals surface area contributed by atoms with Crippen LogP contribution in [0.1, 0.15) is 5.56 Å². The number of carbonyl (C=O) groups excluding carboxylic acids is 1. The van der Waals surface area contributed by atoms with Crippen LogP contribution in [-0.4, -0.2) is 18.0 Å². The van der Waals surface area contributed by atoms with E-state index in [0.29, 0.717) is 10.2 Å². The topological polar surface area (TPSA) is 51.2 Å². The first kappa shape index (κ1) is 18.6. The Bertz CT molecular complexity index is 972. The van der Waals surface area contributed by atoms with E-state index in [4.69, 9.17) is 16.3 Å². The van der Waals surface area contributed by atoms with E-state index in [9.17, 15) is 4.79 Å². The van der Waals surface area contributed by atoms with Gasteiger partial charge in [-0.05, 0) is 45.8 Å². The number of benzene rings is 2. The van der Waals surface area contributed by atoms with Gasteiger partial charge in [-0.15, -0.1) is 11.3 Å². The van der Waals surface area contributed by atoms with Gasteiger partial charge in [0.1, 0.15) is 5.75 Å². The Kier molecular flexibility index (Phi) is 6.08. The first-order valence-corrected chi connectivity index (χ1v) is 9.65. The zero-order valence-corrected chi connectivity index (χ0v) is 16.9. The molecule has 0 bridgehead atoms. The molecule has 0 aliphatic carbocycles. The lowest BCUT2D eigenvalue weighted by molar-refractivity contribution is -0.111. The highest BCUT2D eigenvalue weighted by molar-refractivity contribution is 9.10. The third-order valence-corrected chi connectivity index (χ3v) is 5.19. The van der Waals surface area contributed by atoms with Gasteiger partial charge >= 0.3 is 0 Å². The largest absolute Gasteiger partial charge is 0.496 e. The molecule has 132 valence electrons. The predicted octanol–water partition coefficient (Wildman–Crippen LogP) is 5.89. The number of halogens is 2. The van der Waals surface area contributed by atoms with Gasteiger partial charge in [0, 0.05) is 22.0 Å². The Morgan fingerprint density at radius 3 is 2.85 bits per heavy atom. The molecule has 1 aromatic heterocycles. The molecule has 3 aromatic rings. The molecule has 0 unspecified atom stereocenters. The second-order valence-electron chi connectivity index (χ2n) is 5.23. The molecule has 4 nitrogen and oxygen atoms in total. The fraction of sp³-hybridized carbons (Fsp3) is 0.0526. The quantitative estimate of drug-likeness (QED) is 0.494. The fourth-order valence-corrected chi connectivity index (χ4v) is 3.73. The Morgan fingerprint density at radius 2 is 2.12 bits per heavy atom. The van der Waals surface area contributed by atoms with Crippen molar-refractivity contribution in [2.45, 2.75) is 0 Å². The zero-order valence-electron chi connectivity index (χ0n) is 13.7. The monoisotopic (exact) mass is 448 g/mol. The number of thiazole rings is 1. The lowest BCUT2D eigenvalue weighted by Gasteiger charge is -2.03. The van der Waals surface area contributed by atoms with Crippen molar-refractivity contribution < 1.29 is 9.53 Å². The summed E-state index contributed by atoms with van der Waals surface area (Å²) in [4.78, 5) is 16.5. The molecule has 2 aromatic carbocycles. The standard InChI is InChI=1S/C19H14BrClN2O2S/c1-25-17-8-6-12(10-14(17)20)7-9-18(24)23-19-22-16(11-26-19)13-4-2-3-5-15(13)21/h2-11H,1H3,(H,22,23,24)/b9-7+. The minimum absolute atomic E-state index is 0.253. The molecular weight excluding hydrogens is 436 g/mol. The molecule has 1 amide bonds. The summed E-state index contributed by atoms with van der Waals surface area (Å²) in [5, 5.41) is 5.77. The van der Waals surface area contributed by atoms with Crippen LogP contribution in [0, 0.1) is 0 Å². The summed E-state index contributed by atoms with van der Waals surface area (Å²) in [6.07, 6.45) is 3.19. The van der Waals surface area contributed by atoms with Crippen LogP contribution in [0.3, 0.4) is 0 Å². The van der Waals surface area contributed by atoms with E-state index in [1.165, 1.54) is 17.4 Å². The van der Waals surface area contributed by atoms with Crippen molar-refractivity contribution >= 4 is 56.0 Å². The van der Waals surface area contributed by atoms with Crippen LogP contribution in [0.4, 0.5) is 5.13 Å². The predicted molar refractivity (Wildman–Crippen MR) is 111 cm³/mol. The van der Waals surface area contributed by atoms with E-state index < -0.39 is 0 Å². The number of methoxy groups -OCH3 is 1. The minimum atomic E-state index is -0.253. The summed E-state index contributed by atoms with van der Waals surface area (Å²) in [6, 6.07) is 13.0. The van der Waals surface area contributed by atoms with E-state index in [0.717, 1.165) is 27.0 Å². The minimum Gasteiger partial charge on any atom is -0.496 e. The van der Waals surface area contributed by atoms with E-state index in [2.05, 4.69) is 26.2 Å². The SMILES string of the molecule is COc1ccc(/C=C/C(=O)Nc2nc(-c3ccccc3Cl)cs2)cc1Br. The molecule has 0 aliphatic rings. The fourth-order valence-electron chi connectivity index (χ4n) is 2.23. The van der Waals surface area contributed by atoms with Crippen molar-refractivity contribution in [1.29, 1.82) is 0 Å². The molecule has 7 heteroatoms. The second kappa shape index (κ2) is 8.49. The Morgan fingerprint density at radius 1 is 1.31 bits per heavy atom. The van der Waals surface area contributed by atoms with Gasteiger partial charge in [0.25, 0.3) is 0 Å². The summed E-state index contributed by atoms with van der Waals surface area (Å²) < 4.78 is 6.01. The molecule has 0 radical (unpaired) electrons. The molecule has 3 rings (SSSR count). The summed E-state index contributed by atoms with van der Waals surface area (Å²) >= 11 is 11.0. The van der Waals surface area contributed by atoms with Crippen molar-refractivity contribution in [1.82, 2.24) is 4.98 Å². The number of ether oxygens (including phenoxy) is 1. The van der Waals surface area contributed by atoms with Gasteiger partial charge in [0.15, 0.2) is 5.13 Å². The first-order chi connectivity index (χ1) is 12.6. The van der Waals surface area contributed by atoms with E-state index in [1.54, 1.807) is 13.2 Å². The molecule has 0 saturated heterocycles. The van der Waals surface area contributed by atoms with Crippen molar-refractivity contribution in [2.24, 2.45) is 0 Å². The maximum atomic E-state index is 12.1. The highest BCUT2D eigenvalue weighted by Crippen LogP contribution is 2.30. The van der Waals surface area contributed by atoms with Gasteiger partial charge in [-0.3, -0.25) is 10.1 Å². The summed E-state index contributed by atoms with van der Waals surface area (Å²) in [5.74, 6) is 0.485. The molecule has 26 heavy (non-hydrogen) atoms. The first-order valence-electron chi connectivity index (χ1n) is 7.60. The Balaban J connectivity index is 1.67. The van der Waals surface area contributed by atoms with Crippen LogP contribution in [0.15, 0.2) is 58.4 Å². The van der Waals surface area contributed by atoms with Crippen LogP contribution < -0.4 is 10.1 Å². The number of aromatic nitrogens is 1. The molecular formula is C19H14BrClN2O2S. The number of rotatable bonds is 5. The number of nitrogens with zero attached hydrogens (tertiary/aromatic N) is 1. The van der Waals surface area contributed by atoms with Crippen LogP contribution in [0.5, 0.6) is 5.75 Å². The average Bonchev–Trinajstić information content (AvgIpc) is 3.08. The second-order valence-corrected chi connectivity index (χ2v) is 7.35. The molecule has 0 aliphatic heterocycles. The summed E-state index contributed by atoms with van der Waals surface area (Å²) in [5.41, 5.74) is 2.45. The number of hydrogen-bond acceptors (Lipinski definition) is 4. The van der Waals surface area contributed by atoms with Crippen molar-refractivity contribution in [3.63, 3.8) is 0 Å². The number of carbonyl (C=O) groups is 1. The van der Waals surface area contributed by atoms with Crippen LogP contribution in [-0.2, 0) is 4.79 Å². The van der Waals surface area contributed by atoms with Gasteiger partial charge in [0.05, 0.1) is 17.3 Å². The van der Waals surface area contributed by atoms with Gasteiger partial charge in [-0.1, -0.05) is 35.9 Å². The Hall–Kier alpha value is -2.15. The van der Waals surface area contributed by atoms with Crippen molar-refractivity contribution in [2.75, 3.05) is 12.4 Å². The highest BCUT2D eigenvalue weighted by Gasteiger charge is 2.09. The third-order valence-electron chi connectivity index (χ3n) is 3.49. The average molecular weight is 450 g/mol. The normalized spacial score (nSPS) is 10.9. The number of nitrogens with one attached hydrogen (secondary N) is 1. The lowest BCUT2D eigenvalue weighted by Crippen LogP contribution is -2.07. The maximum absolute atomic E-state index is 12.1. The van der Waals surface area contributed by atoms with Gasteiger partial charge in [-0.25, -0.2) is 4.98 Å². The molecule has 0 spiro atoms. The number of anilines is 1. The van der Waals surface area contributed by atoms with Crippen LogP contribution in [0.2, 0.25) is 5.02 Å². The number of amides is 1. The van der Waals surface area contributed by atoms with Gasteiger partial charge in [0.2, 0.25) is 5.91 Å². The molecule has 1 heterocycles. The Labute approximate surface area is 168 Å². The van der Waals surface area contributed by atoms with Crippen LogP contribution in [0.25, 0.3) is 17.3 Å². The molecule has 0 saturated carbocycles. The highest BCUT2D eigenvalue weighted by atomic mass is 79.9. The van der Waals surface area contributed by atoms with Crippen molar-refractivity contribution in [3.05, 3.63) is 69.0 Å². The molecule has 1 N–H and O–H groups in total. The van der Waals surface area contributed by atoms with E-state index >= 15 is 0 Å². The van der Waals surface area contributed by atoms with Gasteiger partial charge < -0.3 is 4.74 Å².